The summed E-state index contributed by atoms with van der Waals surface area (Å²) >= 11 is 12.3. The zero-order valence-electron chi connectivity index (χ0n) is 14.8. The molecule has 1 N–H and O–H groups in total. The van der Waals surface area contributed by atoms with Gasteiger partial charge in [-0.05, 0) is 42.0 Å². The highest BCUT2D eigenvalue weighted by molar-refractivity contribution is 8.27. The minimum Gasteiger partial charge on any atom is -0.493 e. The minimum atomic E-state index is -1.20. The van der Waals surface area contributed by atoms with Crippen molar-refractivity contribution in [1.29, 1.82) is 0 Å². The van der Waals surface area contributed by atoms with Crippen LogP contribution in [0.25, 0.3) is 6.08 Å². The molecular weight excluding hydrogens is 422 g/mol. The van der Waals surface area contributed by atoms with Gasteiger partial charge in [-0.1, -0.05) is 41.6 Å². The molecule has 3 rings (SSSR count). The lowest BCUT2D eigenvalue weighted by molar-refractivity contribution is -0.113. The van der Waals surface area contributed by atoms with E-state index in [1.165, 1.54) is 25.2 Å². The number of thioether (sulfide) groups is 1. The Morgan fingerprint density at radius 1 is 1.18 bits per heavy atom. The fraction of sp³-hybridized carbons (Fsp3) is 0.105. The van der Waals surface area contributed by atoms with E-state index in [0.717, 1.165) is 11.8 Å². The number of methoxy groups -OCH3 is 2. The van der Waals surface area contributed by atoms with E-state index in [4.69, 9.17) is 33.3 Å². The number of thiocarbonyl (C=S) groups is 1. The summed E-state index contributed by atoms with van der Waals surface area (Å²) in [5, 5.41) is 10.2. The van der Waals surface area contributed by atoms with Gasteiger partial charge in [0.15, 0.2) is 15.8 Å². The molecule has 6 nitrogen and oxygen atoms in total. The number of halogens is 1. The highest BCUT2D eigenvalue weighted by Gasteiger charge is 2.34. The smallest absolute Gasteiger partial charge is 0.340 e. The molecule has 0 spiro atoms. The Labute approximate surface area is 175 Å². The van der Waals surface area contributed by atoms with E-state index in [0.29, 0.717) is 25.5 Å². The minimum absolute atomic E-state index is 0.0805. The van der Waals surface area contributed by atoms with Gasteiger partial charge in [-0.25, -0.2) is 4.79 Å². The first-order valence-corrected chi connectivity index (χ1v) is 9.49. The predicted molar refractivity (Wildman–Crippen MR) is 114 cm³/mol. The molecule has 1 aliphatic heterocycles. The Kier molecular flexibility index (Phi) is 5.93. The van der Waals surface area contributed by atoms with Crippen LogP contribution in [0.15, 0.2) is 41.3 Å². The summed E-state index contributed by atoms with van der Waals surface area (Å²) in [6.45, 7) is 0. The van der Waals surface area contributed by atoms with E-state index in [2.05, 4.69) is 0 Å². The number of hydrogen-bond donors (Lipinski definition) is 1. The van der Waals surface area contributed by atoms with Gasteiger partial charge in [0.1, 0.15) is 5.56 Å². The highest BCUT2D eigenvalue weighted by Crippen LogP contribution is 2.39. The van der Waals surface area contributed by atoms with E-state index in [1.807, 2.05) is 0 Å². The van der Waals surface area contributed by atoms with Gasteiger partial charge in [0.05, 0.1) is 24.8 Å². The van der Waals surface area contributed by atoms with E-state index >= 15 is 0 Å². The third-order valence-electron chi connectivity index (χ3n) is 3.96. The standard InChI is InChI=1S/C19H14ClNO5S2/c1-25-13-8-3-10(15(18(23)24)16(13)26-2)9-14-17(22)21(19(27)28-14)12-6-4-11(20)5-7-12/h3-9H,1-2H3,(H,23,24)/b14-9+. The molecule has 144 valence electrons. The number of ether oxygens (including phenoxy) is 2. The Bertz CT molecular complexity index is 1000. The molecule has 1 aliphatic rings. The quantitative estimate of drug-likeness (QED) is 0.548. The maximum atomic E-state index is 12.9. The summed E-state index contributed by atoms with van der Waals surface area (Å²) in [5.74, 6) is -1.18. The van der Waals surface area contributed by atoms with E-state index in [1.54, 1.807) is 36.4 Å². The third kappa shape index (κ3) is 3.71. The van der Waals surface area contributed by atoms with E-state index in [9.17, 15) is 14.7 Å². The molecule has 2 aromatic rings. The Hall–Kier alpha value is -2.55. The molecule has 1 amide bonds. The van der Waals surface area contributed by atoms with Crippen molar-refractivity contribution in [1.82, 2.24) is 0 Å². The molecule has 9 heteroatoms. The van der Waals surface area contributed by atoms with Crippen molar-refractivity contribution in [2.45, 2.75) is 0 Å². The van der Waals surface area contributed by atoms with Gasteiger partial charge in [0, 0.05) is 5.02 Å². The van der Waals surface area contributed by atoms with E-state index < -0.39 is 5.97 Å². The molecule has 1 fully saturated rings. The average molecular weight is 436 g/mol. The number of carbonyl (C=O) groups excluding carboxylic acids is 1. The van der Waals surface area contributed by atoms with Gasteiger partial charge in [0.25, 0.3) is 5.91 Å². The summed E-state index contributed by atoms with van der Waals surface area (Å²) in [6.07, 6.45) is 1.49. The SMILES string of the molecule is COc1ccc(/C=C2/SC(=S)N(c3ccc(Cl)cc3)C2=O)c(C(=O)O)c1OC. The van der Waals surface area contributed by atoms with Crippen LogP contribution in [0.5, 0.6) is 11.5 Å². The number of nitrogens with zero attached hydrogens (tertiary/aromatic N) is 1. The van der Waals surface area contributed by atoms with Crippen molar-refractivity contribution in [2.75, 3.05) is 19.1 Å². The lowest BCUT2D eigenvalue weighted by atomic mass is 10.0. The molecule has 0 radical (unpaired) electrons. The molecule has 28 heavy (non-hydrogen) atoms. The molecule has 0 atom stereocenters. The zero-order chi connectivity index (χ0) is 20.4. The van der Waals surface area contributed by atoms with Crippen LogP contribution in [0.2, 0.25) is 5.02 Å². The van der Waals surface area contributed by atoms with Gasteiger partial charge in [-0.3, -0.25) is 9.69 Å². The molecule has 0 saturated carbocycles. The number of aromatic carboxylic acids is 1. The van der Waals surface area contributed by atoms with Crippen molar-refractivity contribution in [3.05, 3.63) is 57.5 Å². The van der Waals surface area contributed by atoms with Crippen LogP contribution < -0.4 is 14.4 Å². The fourth-order valence-electron chi connectivity index (χ4n) is 2.70. The van der Waals surface area contributed by atoms with Crippen molar-refractivity contribution >= 4 is 63.5 Å². The maximum Gasteiger partial charge on any atom is 0.340 e. The summed E-state index contributed by atoms with van der Waals surface area (Å²) in [7, 11) is 2.77. The lowest BCUT2D eigenvalue weighted by Crippen LogP contribution is -2.27. The first-order chi connectivity index (χ1) is 13.4. The number of carbonyl (C=O) groups is 2. The number of carboxylic acids is 1. The number of benzene rings is 2. The summed E-state index contributed by atoms with van der Waals surface area (Å²) in [4.78, 5) is 26.4. The molecule has 0 aromatic heterocycles. The van der Waals surface area contributed by atoms with E-state index in [-0.39, 0.29) is 23.0 Å². The number of anilines is 1. The average Bonchev–Trinajstić information content (AvgIpc) is 2.95. The second kappa shape index (κ2) is 8.22. The first-order valence-electron chi connectivity index (χ1n) is 7.89. The number of amides is 1. The second-order valence-corrected chi connectivity index (χ2v) is 7.68. The lowest BCUT2D eigenvalue weighted by Gasteiger charge is -2.14. The van der Waals surface area contributed by atoms with Gasteiger partial charge in [-0.2, -0.15) is 0 Å². The van der Waals surface area contributed by atoms with Gasteiger partial charge >= 0.3 is 5.97 Å². The van der Waals surface area contributed by atoms with Gasteiger partial charge in [0.2, 0.25) is 0 Å². The fourth-order valence-corrected chi connectivity index (χ4v) is 4.12. The van der Waals surface area contributed by atoms with Crippen LogP contribution in [0.1, 0.15) is 15.9 Å². The van der Waals surface area contributed by atoms with Crippen LogP contribution in [-0.2, 0) is 4.79 Å². The largest absolute Gasteiger partial charge is 0.493 e. The molecule has 0 aliphatic carbocycles. The molecule has 1 saturated heterocycles. The van der Waals surface area contributed by atoms with Gasteiger partial charge in [-0.15, -0.1) is 0 Å². The van der Waals surface area contributed by atoms with Gasteiger partial charge < -0.3 is 14.6 Å². The topological polar surface area (TPSA) is 76.1 Å². The predicted octanol–water partition coefficient (Wildman–Crippen LogP) is 4.46. The Balaban J connectivity index is 2.05. The molecular formula is C19H14ClNO5S2. The summed E-state index contributed by atoms with van der Waals surface area (Å²) in [6, 6.07) is 9.84. The number of carboxylic acid groups (broad SMARTS) is 1. The molecule has 0 unspecified atom stereocenters. The number of hydrogen-bond acceptors (Lipinski definition) is 6. The Morgan fingerprint density at radius 2 is 1.86 bits per heavy atom. The second-order valence-electron chi connectivity index (χ2n) is 5.56. The van der Waals surface area contributed by atoms with Crippen LogP contribution in [0, 0.1) is 0 Å². The molecule has 1 heterocycles. The summed E-state index contributed by atoms with van der Waals surface area (Å²) < 4.78 is 10.7. The van der Waals surface area contributed by atoms with Crippen molar-refractivity contribution < 1.29 is 24.2 Å². The van der Waals surface area contributed by atoms with Crippen LogP contribution >= 0.6 is 35.6 Å². The maximum absolute atomic E-state index is 12.9. The zero-order valence-corrected chi connectivity index (χ0v) is 17.2. The van der Waals surface area contributed by atoms with Crippen LogP contribution in [0.4, 0.5) is 5.69 Å². The van der Waals surface area contributed by atoms with Crippen molar-refractivity contribution in [2.24, 2.45) is 0 Å². The third-order valence-corrected chi connectivity index (χ3v) is 5.51. The van der Waals surface area contributed by atoms with Crippen LogP contribution in [0.3, 0.4) is 0 Å². The summed E-state index contributed by atoms with van der Waals surface area (Å²) in [5.41, 5.74) is 0.793. The normalized spacial score (nSPS) is 15.2. The molecule has 2 aromatic carbocycles. The Morgan fingerprint density at radius 3 is 2.43 bits per heavy atom. The monoisotopic (exact) mass is 435 g/mol. The van der Waals surface area contributed by atoms with Crippen molar-refractivity contribution in [3.8, 4) is 11.5 Å². The first kappa shape index (κ1) is 20.2. The van der Waals surface area contributed by atoms with Crippen molar-refractivity contribution in [3.63, 3.8) is 0 Å². The highest BCUT2D eigenvalue weighted by atomic mass is 35.5. The molecule has 0 bridgehead atoms. The number of rotatable bonds is 5. The van der Waals surface area contributed by atoms with Crippen LogP contribution in [-0.4, -0.2) is 35.5 Å².